The van der Waals surface area contributed by atoms with Gasteiger partial charge < -0.3 is 18.8 Å². The number of carbonyl (C=O) groups excluding carboxylic acids is 1. The Morgan fingerprint density at radius 1 is 1.16 bits per heavy atom. The van der Waals surface area contributed by atoms with Crippen LogP contribution < -0.4 is 4.74 Å². The molecule has 8 heteroatoms. The van der Waals surface area contributed by atoms with Crippen molar-refractivity contribution in [2.45, 2.75) is 58.2 Å². The van der Waals surface area contributed by atoms with Crippen LogP contribution in [0.3, 0.4) is 0 Å². The number of benzene rings is 2. The molecule has 1 amide bonds. The second kappa shape index (κ2) is 8.09. The summed E-state index contributed by atoms with van der Waals surface area (Å²) in [5.41, 5.74) is 1.16. The monoisotopic (exact) mass is 426 g/mol. The Labute approximate surface area is 179 Å². The maximum atomic E-state index is 12.9. The first-order valence-corrected chi connectivity index (χ1v) is 10.5. The standard InChI is InChI=1S/C23H26N2O6/c1-13-6-5-7-14(2)24(13)23(26)30-15(3)18-11-19-17-9-8-16(29-4)10-21(17)31-22(19)12-20(18)25(27)28/h8-15H,5-7H2,1-4H3. The topological polar surface area (TPSA) is 95.0 Å². The number of nitro groups is 1. The molecule has 3 aromatic rings. The molecule has 1 fully saturated rings. The Balaban J connectivity index is 1.72. The molecular formula is C23H26N2O6. The summed E-state index contributed by atoms with van der Waals surface area (Å²) in [6.45, 7) is 5.67. The summed E-state index contributed by atoms with van der Waals surface area (Å²) >= 11 is 0. The fourth-order valence-corrected chi connectivity index (χ4v) is 4.48. The normalized spacial score (nSPS) is 20.1. The molecule has 1 aromatic heterocycles. The number of nitro benzene ring substituents is 1. The molecule has 8 nitrogen and oxygen atoms in total. The highest BCUT2D eigenvalue weighted by atomic mass is 16.6. The van der Waals surface area contributed by atoms with Gasteiger partial charge in [0.25, 0.3) is 5.69 Å². The van der Waals surface area contributed by atoms with Crippen LogP contribution >= 0.6 is 0 Å². The van der Waals surface area contributed by atoms with Crippen LogP contribution in [0.1, 0.15) is 51.7 Å². The molecule has 1 aliphatic rings. The van der Waals surface area contributed by atoms with Gasteiger partial charge in [-0.25, -0.2) is 4.79 Å². The smallest absolute Gasteiger partial charge is 0.410 e. The second-order valence-corrected chi connectivity index (χ2v) is 8.19. The third-order valence-corrected chi connectivity index (χ3v) is 6.14. The molecule has 0 bridgehead atoms. The van der Waals surface area contributed by atoms with E-state index >= 15 is 0 Å². The number of carbonyl (C=O) groups is 1. The summed E-state index contributed by atoms with van der Waals surface area (Å²) in [6.07, 6.45) is 1.68. The lowest BCUT2D eigenvalue weighted by Gasteiger charge is -2.38. The summed E-state index contributed by atoms with van der Waals surface area (Å²) < 4.78 is 16.8. The van der Waals surface area contributed by atoms with Gasteiger partial charge >= 0.3 is 6.09 Å². The first-order valence-electron chi connectivity index (χ1n) is 10.5. The number of amides is 1. The van der Waals surface area contributed by atoms with Gasteiger partial charge in [-0.3, -0.25) is 10.1 Å². The van der Waals surface area contributed by atoms with E-state index in [0.717, 1.165) is 30.0 Å². The van der Waals surface area contributed by atoms with E-state index in [-0.39, 0.29) is 17.8 Å². The zero-order valence-corrected chi connectivity index (χ0v) is 18.1. The van der Waals surface area contributed by atoms with E-state index in [4.69, 9.17) is 13.9 Å². The van der Waals surface area contributed by atoms with E-state index in [0.29, 0.717) is 22.5 Å². The molecule has 3 atom stereocenters. The van der Waals surface area contributed by atoms with E-state index < -0.39 is 17.1 Å². The first kappa shape index (κ1) is 21.0. The van der Waals surface area contributed by atoms with Crippen molar-refractivity contribution in [2.75, 3.05) is 7.11 Å². The van der Waals surface area contributed by atoms with Gasteiger partial charge in [-0.2, -0.15) is 0 Å². The summed E-state index contributed by atoms with van der Waals surface area (Å²) in [5.74, 6) is 0.633. The summed E-state index contributed by atoms with van der Waals surface area (Å²) in [7, 11) is 1.56. The summed E-state index contributed by atoms with van der Waals surface area (Å²) in [4.78, 5) is 25.9. The van der Waals surface area contributed by atoms with Crippen LogP contribution in [-0.4, -0.2) is 35.1 Å². The van der Waals surface area contributed by atoms with Gasteiger partial charge in [0, 0.05) is 28.9 Å². The first-order chi connectivity index (χ1) is 14.8. The van der Waals surface area contributed by atoms with Crippen molar-refractivity contribution in [2.24, 2.45) is 0 Å². The number of furan rings is 1. The van der Waals surface area contributed by atoms with Crippen LogP contribution in [0.25, 0.3) is 21.9 Å². The molecule has 0 aliphatic carbocycles. The van der Waals surface area contributed by atoms with Crippen molar-refractivity contribution in [1.82, 2.24) is 4.90 Å². The molecule has 0 spiro atoms. The van der Waals surface area contributed by atoms with Gasteiger partial charge in [-0.05, 0) is 58.2 Å². The molecule has 0 N–H and O–H groups in total. The molecule has 1 aliphatic heterocycles. The molecule has 0 radical (unpaired) electrons. The van der Waals surface area contributed by atoms with E-state index in [1.807, 2.05) is 19.9 Å². The maximum absolute atomic E-state index is 12.9. The second-order valence-electron chi connectivity index (χ2n) is 8.19. The lowest BCUT2D eigenvalue weighted by atomic mass is 9.98. The molecule has 0 saturated carbocycles. The van der Waals surface area contributed by atoms with E-state index in [1.165, 1.54) is 6.07 Å². The molecule has 164 valence electrons. The average molecular weight is 426 g/mol. The van der Waals surface area contributed by atoms with Crippen LogP contribution in [0.4, 0.5) is 10.5 Å². The minimum Gasteiger partial charge on any atom is -0.497 e. The average Bonchev–Trinajstić information content (AvgIpc) is 3.09. The fourth-order valence-electron chi connectivity index (χ4n) is 4.48. The highest BCUT2D eigenvalue weighted by Crippen LogP contribution is 2.38. The lowest BCUT2D eigenvalue weighted by molar-refractivity contribution is -0.386. The molecule has 4 rings (SSSR count). The van der Waals surface area contributed by atoms with Crippen molar-refractivity contribution in [3.8, 4) is 5.75 Å². The van der Waals surface area contributed by atoms with Gasteiger partial charge in [-0.15, -0.1) is 0 Å². The highest BCUT2D eigenvalue weighted by Gasteiger charge is 2.32. The van der Waals surface area contributed by atoms with Crippen LogP contribution in [-0.2, 0) is 4.74 Å². The predicted molar refractivity (Wildman–Crippen MR) is 116 cm³/mol. The number of methoxy groups -OCH3 is 1. The largest absolute Gasteiger partial charge is 0.497 e. The lowest BCUT2D eigenvalue weighted by Crippen LogP contribution is -2.47. The molecule has 31 heavy (non-hydrogen) atoms. The number of ether oxygens (including phenoxy) is 2. The fraction of sp³-hybridized carbons (Fsp3) is 0.435. The third-order valence-electron chi connectivity index (χ3n) is 6.14. The molecule has 2 aromatic carbocycles. The van der Waals surface area contributed by atoms with Crippen molar-refractivity contribution < 1.29 is 23.6 Å². The zero-order valence-electron chi connectivity index (χ0n) is 18.1. The van der Waals surface area contributed by atoms with Gasteiger partial charge in [0.1, 0.15) is 23.0 Å². The minimum atomic E-state index is -0.790. The van der Waals surface area contributed by atoms with Crippen LogP contribution in [0.15, 0.2) is 34.7 Å². The van der Waals surface area contributed by atoms with Crippen LogP contribution in [0.5, 0.6) is 5.75 Å². The van der Waals surface area contributed by atoms with Gasteiger partial charge in [0.05, 0.1) is 23.7 Å². The minimum absolute atomic E-state index is 0.0775. The van der Waals surface area contributed by atoms with Crippen LogP contribution in [0, 0.1) is 10.1 Å². The number of piperidine rings is 1. The summed E-state index contributed by atoms with van der Waals surface area (Å²) in [6, 6.07) is 8.64. The van der Waals surface area contributed by atoms with Gasteiger partial charge in [-0.1, -0.05) is 0 Å². The molecule has 3 unspecified atom stereocenters. The number of fused-ring (bicyclic) bond motifs is 3. The Kier molecular flexibility index (Phi) is 5.47. The number of likely N-dealkylation sites (tertiary alicyclic amines) is 1. The molecule has 1 saturated heterocycles. The Morgan fingerprint density at radius 2 is 1.84 bits per heavy atom. The van der Waals surface area contributed by atoms with Crippen molar-refractivity contribution >= 4 is 33.7 Å². The Hall–Kier alpha value is -3.29. The maximum Gasteiger partial charge on any atom is 0.410 e. The number of hydrogen-bond acceptors (Lipinski definition) is 6. The number of nitrogens with zero attached hydrogens (tertiary/aromatic N) is 2. The SMILES string of the molecule is COc1ccc2c(c1)oc1cc([N+](=O)[O-])c(C(C)OC(=O)N3C(C)CCCC3C)cc12. The van der Waals surface area contributed by atoms with Crippen molar-refractivity contribution in [1.29, 1.82) is 0 Å². The Bertz CT molecular complexity index is 1140. The van der Waals surface area contributed by atoms with Crippen molar-refractivity contribution in [3.63, 3.8) is 0 Å². The number of rotatable bonds is 4. The Morgan fingerprint density at radius 3 is 2.48 bits per heavy atom. The molecular weight excluding hydrogens is 400 g/mol. The predicted octanol–water partition coefficient (Wildman–Crippen LogP) is 5.96. The van der Waals surface area contributed by atoms with Gasteiger partial charge in [0.2, 0.25) is 0 Å². The van der Waals surface area contributed by atoms with E-state index in [1.54, 1.807) is 37.1 Å². The van der Waals surface area contributed by atoms with E-state index in [2.05, 4.69) is 0 Å². The van der Waals surface area contributed by atoms with Crippen LogP contribution in [0.2, 0.25) is 0 Å². The van der Waals surface area contributed by atoms with Gasteiger partial charge in [0.15, 0.2) is 0 Å². The van der Waals surface area contributed by atoms with E-state index in [9.17, 15) is 14.9 Å². The summed E-state index contributed by atoms with van der Waals surface area (Å²) in [5, 5.41) is 13.3. The third kappa shape index (κ3) is 3.78. The highest BCUT2D eigenvalue weighted by molar-refractivity contribution is 6.06. The number of hydrogen-bond donors (Lipinski definition) is 0. The van der Waals surface area contributed by atoms with Crippen molar-refractivity contribution in [3.05, 3.63) is 46.0 Å². The zero-order chi connectivity index (χ0) is 22.3. The quantitative estimate of drug-likeness (QED) is 0.377. The molecule has 2 heterocycles.